The Morgan fingerprint density at radius 2 is 2.25 bits per heavy atom. The first-order chi connectivity index (χ1) is 3.84. The molecule has 1 fully saturated rings. The predicted octanol–water partition coefficient (Wildman–Crippen LogP) is 0.513. The second-order valence-corrected chi connectivity index (χ2v) is 2.37. The highest BCUT2D eigenvalue weighted by atomic mass is 16.5. The average Bonchev–Trinajstić information content (AvgIpc) is 2.14. The lowest BCUT2D eigenvalue weighted by Gasteiger charge is -2.11. The molecule has 0 aromatic heterocycles. The molecule has 0 amide bonds. The molecule has 2 heteroatoms. The van der Waals surface area contributed by atoms with E-state index in [0.717, 1.165) is 12.8 Å². The van der Waals surface area contributed by atoms with E-state index in [1.807, 2.05) is 0 Å². The number of methoxy groups -OCH3 is 1. The molecule has 2 N–H and O–H groups in total. The van der Waals surface area contributed by atoms with Crippen LogP contribution in [0.4, 0.5) is 0 Å². The van der Waals surface area contributed by atoms with Crippen molar-refractivity contribution in [3.8, 4) is 0 Å². The minimum atomic E-state index is 0.306. The van der Waals surface area contributed by atoms with E-state index in [2.05, 4.69) is 0 Å². The van der Waals surface area contributed by atoms with Crippen LogP contribution in [0, 0.1) is 0 Å². The van der Waals surface area contributed by atoms with Gasteiger partial charge in [-0.2, -0.15) is 0 Å². The number of ether oxygens (including phenoxy) is 1. The van der Waals surface area contributed by atoms with Crippen LogP contribution in [0.25, 0.3) is 0 Å². The summed E-state index contributed by atoms with van der Waals surface area (Å²) in [6.07, 6.45) is 3.87. The standard InChI is InChI=1S/C6H13NO/c1-8-6-4-2-3-5(6)7/h5-6H,2-4,7H2,1H3/t5-,6+/m0/s1. The van der Waals surface area contributed by atoms with E-state index in [4.69, 9.17) is 10.5 Å². The molecule has 0 aromatic carbocycles. The lowest BCUT2D eigenvalue weighted by atomic mass is 10.2. The Morgan fingerprint density at radius 3 is 2.50 bits per heavy atom. The fraction of sp³-hybridized carbons (Fsp3) is 1.00. The zero-order chi connectivity index (χ0) is 5.98. The lowest BCUT2D eigenvalue weighted by molar-refractivity contribution is 0.0960. The Kier molecular flexibility index (Phi) is 1.86. The molecular weight excluding hydrogens is 102 g/mol. The van der Waals surface area contributed by atoms with Gasteiger partial charge < -0.3 is 10.5 Å². The minimum absolute atomic E-state index is 0.306. The Bertz CT molecular complexity index is 74.9. The van der Waals surface area contributed by atoms with Gasteiger partial charge >= 0.3 is 0 Å². The van der Waals surface area contributed by atoms with Crippen molar-refractivity contribution >= 4 is 0 Å². The van der Waals surface area contributed by atoms with Crippen molar-refractivity contribution in [2.75, 3.05) is 7.11 Å². The Balaban J connectivity index is 2.30. The molecule has 0 heterocycles. The zero-order valence-corrected chi connectivity index (χ0v) is 5.26. The largest absolute Gasteiger partial charge is 0.380 e. The van der Waals surface area contributed by atoms with Gasteiger partial charge in [0.15, 0.2) is 0 Å². The molecule has 0 spiro atoms. The van der Waals surface area contributed by atoms with Crippen molar-refractivity contribution in [3.63, 3.8) is 0 Å². The monoisotopic (exact) mass is 115 g/mol. The first-order valence-electron chi connectivity index (χ1n) is 3.13. The van der Waals surface area contributed by atoms with Gasteiger partial charge in [-0.1, -0.05) is 0 Å². The van der Waals surface area contributed by atoms with Gasteiger partial charge in [-0.25, -0.2) is 0 Å². The summed E-state index contributed by atoms with van der Waals surface area (Å²) in [5.74, 6) is 0. The third-order valence-electron chi connectivity index (χ3n) is 1.81. The van der Waals surface area contributed by atoms with Gasteiger partial charge in [0.25, 0.3) is 0 Å². The summed E-state index contributed by atoms with van der Waals surface area (Å²) in [6.45, 7) is 0. The number of rotatable bonds is 1. The third kappa shape index (κ3) is 1.01. The summed E-state index contributed by atoms with van der Waals surface area (Å²) in [5, 5.41) is 0. The highest BCUT2D eigenvalue weighted by molar-refractivity contribution is 4.80. The molecule has 0 radical (unpaired) electrons. The molecule has 8 heavy (non-hydrogen) atoms. The number of hydrogen-bond donors (Lipinski definition) is 1. The van der Waals surface area contributed by atoms with Gasteiger partial charge in [0.1, 0.15) is 0 Å². The zero-order valence-electron chi connectivity index (χ0n) is 5.26. The van der Waals surface area contributed by atoms with E-state index in [9.17, 15) is 0 Å². The van der Waals surface area contributed by atoms with Gasteiger partial charge in [-0.05, 0) is 19.3 Å². The molecule has 0 aliphatic heterocycles. The highest BCUT2D eigenvalue weighted by Crippen LogP contribution is 2.18. The van der Waals surface area contributed by atoms with Crippen LogP contribution in [-0.4, -0.2) is 19.3 Å². The van der Waals surface area contributed by atoms with Gasteiger partial charge in [0, 0.05) is 13.2 Å². The first-order valence-corrected chi connectivity index (χ1v) is 3.13. The molecular formula is C6H13NO. The smallest absolute Gasteiger partial charge is 0.0722 e. The summed E-state index contributed by atoms with van der Waals surface area (Å²) in [7, 11) is 1.73. The van der Waals surface area contributed by atoms with Gasteiger partial charge in [0.05, 0.1) is 6.10 Å². The topological polar surface area (TPSA) is 35.2 Å². The SMILES string of the molecule is CO[C@@H]1CCC[C@@H]1N. The van der Waals surface area contributed by atoms with E-state index in [0.29, 0.717) is 12.1 Å². The normalized spacial score (nSPS) is 38.2. The van der Waals surface area contributed by atoms with Gasteiger partial charge in [0.2, 0.25) is 0 Å². The van der Waals surface area contributed by atoms with Crippen LogP contribution in [0.5, 0.6) is 0 Å². The molecule has 0 bridgehead atoms. The Labute approximate surface area is 50.0 Å². The van der Waals surface area contributed by atoms with Crippen molar-refractivity contribution in [1.29, 1.82) is 0 Å². The van der Waals surface area contributed by atoms with Crippen molar-refractivity contribution in [2.24, 2.45) is 5.73 Å². The summed E-state index contributed by atoms with van der Waals surface area (Å²) in [5.41, 5.74) is 5.66. The summed E-state index contributed by atoms with van der Waals surface area (Å²) < 4.78 is 5.10. The summed E-state index contributed by atoms with van der Waals surface area (Å²) in [4.78, 5) is 0. The van der Waals surface area contributed by atoms with Crippen LogP contribution in [-0.2, 0) is 4.74 Å². The number of hydrogen-bond acceptors (Lipinski definition) is 2. The molecule has 1 aliphatic rings. The minimum Gasteiger partial charge on any atom is -0.380 e. The van der Waals surface area contributed by atoms with Gasteiger partial charge in [-0.3, -0.25) is 0 Å². The second kappa shape index (κ2) is 2.46. The Hall–Kier alpha value is -0.0800. The molecule has 1 saturated carbocycles. The van der Waals surface area contributed by atoms with E-state index < -0.39 is 0 Å². The lowest BCUT2D eigenvalue weighted by Crippen LogP contribution is -2.30. The average molecular weight is 115 g/mol. The maximum Gasteiger partial charge on any atom is 0.0722 e. The van der Waals surface area contributed by atoms with Crippen LogP contribution in [0.3, 0.4) is 0 Å². The van der Waals surface area contributed by atoms with Crippen LogP contribution in [0.1, 0.15) is 19.3 Å². The molecule has 0 saturated heterocycles. The fourth-order valence-electron chi connectivity index (χ4n) is 1.25. The predicted molar refractivity (Wildman–Crippen MR) is 32.6 cm³/mol. The highest BCUT2D eigenvalue weighted by Gasteiger charge is 2.22. The van der Waals surface area contributed by atoms with Crippen LogP contribution in [0.2, 0.25) is 0 Å². The maximum absolute atomic E-state index is 5.66. The van der Waals surface area contributed by atoms with Crippen molar-refractivity contribution in [3.05, 3.63) is 0 Å². The summed E-state index contributed by atoms with van der Waals surface area (Å²) >= 11 is 0. The van der Waals surface area contributed by atoms with Crippen LogP contribution < -0.4 is 5.73 Å². The van der Waals surface area contributed by atoms with Gasteiger partial charge in [-0.15, -0.1) is 0 Å². The Morgan fingerprint density at radius 1 is 1.50 bits per heavy atom. The molecule has 1 rings (SSSR count). The van der Waals surface area contributed by atoms with E-state index in [1.54, 1.807) is 7.11 Å². The van der Waals surface area contributed by atoms with E-state index >= 15 is 0 Å². The molecule has 2 atom stereocenters. The third-order valence-corrected chi connectivity index (χ3v) is 1.81. The van der Waals surface area contributed by atoms with Crippen molar-refractivity contribution in [1.82, 2.24) is 0 Å². The fourth-order valence-corrected chi connectivity index (χ4v) is 1.25. The van der Waals surface area contributed by atoms with Crippen molar-refractivity contribution < 1.29 is 4.74 Å². The van der Waals surface area contributed by atoms with Crippen molar-refractivity contribution in [2.45, 2.75) is 31.4 Å². The first kappa shape index (κ1) is 6.05. The van der Waals surface area contributed by atoms with Crippen LogP contribution in [0.15, 0.2) is 0 Å². The molecule has 0 aromatic rings. The molecule has 0 unspecified atom stereocenters. The second-order valence-electron chi connectivity index (χ2n) is 2.37. The van der Waals surface area contributed by atoms with E-state index in [1.165, 1.54) is 6.42 Å². The van der Waals surface area contributed by atoms with Crippen LogP contribution >= 0.6 is 0 Å². The molecule has 2 nitrogen and oxygen atoms in total. The quantitative estimate of drug-likeness (QED) is 0.540. The maximum atomic E-state index is 5.66. The summed E-state index contributed by atoms with van der Waals surface area (Å²) in [6, 6.07) is 0.306. The number of nitrogens with two attached hydrogens (primary N) is 1. The molecule has 1 aliphatic carbocycles. The van der Waals surface area contributed by atoms with E-state index in [-0.39, 0.29) is 0 Å². The molecule has 48 valence electrons.